The zero-order valence-electron chi connectivity index (χ0n) is 8.72. The van der Waals surface area contributed by atoms with Gasteiger partial charge >= 0.3 is 0 Å². The Bertz CT molecular complexity index is 495. The smallest absolute Gasteiger partial charge is 0.269 e. The normalized spacial score (nSPS) is 19.0. The van der Waals surface area contributed by atoms with Gasteiger partial charge in [-0.15, -0.1) is 0 Å². The number of non-ortho nitro benzene ring substituents is 1. The molecular formula is C9H10N6O2. The Hall–Kier alpha value is -2.48. The number of guanidine groups is 1. The predicted octanol–water partition coefficient (Wildman–Crippen LogP) is 0.000100. The standard InChI is InChI=1S/C9H10N6O2/c10-8-12-5-14(9(11)13-8)6-1-3-7(4-2-6)15(16)17/h1-5,9H,11H2,(H2,10,13). The number of nitro benzene ring substituents is 1. The van der Waals surface area contributed by atoms with Crippen LogP contribution in [0.4, 0.5) is 11.4 Å². The van der Waals surface area contributed by atoms with Crippen molar-refractivity contribution in [3.63, 3.8) is 0 Å². The van der Waals surface area contributed by atoms with E-state index >= 15 is 0 Å². The Morgan fingerprint density at radius 1 is 1.35 bits per heavy atom. The topological polar surface area (TPSA) is 123 Å². The van der Waals surface area contributed by atoms with E-state index in [1.807, 2.05) is 0 Å². The van der Waals surface area contributed by atoms with Gasteiger partial charge in [0.25, 0.3) is 5.69 Å². The molecular weight excluding hydrogens is 224 g/mol. The second-order valence-electron chi connectivity index (χ2n) is 3.33. The summed E-state index contributed by atoms with van der Waals surface area (Å²) < 4.78 is 0. The van der Waals surface area contributed by atoms with Gasteiger partial charge in [-0.25, -0.2) is 9.98 Å². The van der Waals surface area contributed by atoms with Crippen molar-refractivity contribution < 1.29 is 4.92 Å². The summed E-state index contributed by atoms with van der Waals surface area (Å²) in [5.74, 6) is 0.107. The third-order valence-electron chi connectivity index (χ3n) is 2.22. The van der Waals surface area contributed by atoms with Crippen LogP contribution in [0, 0.1) is 10.1 Å². The molecule has 4 N–H and O–H groups in total. The van der Waals surface area contributed by atoms with Gasteiger partial charge in [-0.2, -0.15) is 0 Å². The van der Waals surface area contributed by atoms with Gasteiger partial charge in [-0.1, -0.05) is 0 Å². The number of hydrogen-bond donors (Lipinski definition) is 2. The lowest BCUT2D eigenvalue weighted by Crippen LogP contribution is -2.44. The molecule has 1 aliphatic heterocycles. The lowest BCUT2D eigenvalue weighted by atomic mass is 10.2. The van der Waals surface area contributed by atoms with Crippen LogP contribution in [-0.2, 0) is 0 Å². The maximum Gasteiger partial charge on any atom is 0.269 e. The molecule has 0 radical (unpaired) electrons. The van der Waals surface area contributed by atoms with E-state index in [0.29, 0.717) is 5.69 Å². The highest BCUT2D eigenvalue weighted by Gasteiger charge is 2.17. The number of anilines is 1. The largest absolute Gasteiger partial charge is 0.368 e. The summed E-state index contributed by atoms with van der Waals surface area (Å²) in [5, 5.41) is 10.5. The Balaban J connectivity index is 2.24. The molecule has 1 aromatic rings. The Morgan fingerprint density at radius 2 is 2.00 bits per heavy atom. The highest BCUT2D eigenvalue weighted by atomic mass is 16.6. The zero-order chi connectivity index (χ0) is 12.4. The van der Waals surface area contributed by atoms with Gasteiger partial charge in [0.15, 0.2) is 6.29 Å². The van der Waals surface area contributed by atoms with Crippen molar-refractivity contribution in [1.29, 1.82) is 0 Å². The van der Waals surface area contributed by atoms with Gasteiger partial charge < -0.3 is 5.73 Å². The molecule has 0 bridgehead atoms. The molecule has 1 aliphatic rings. The molecule has 0 saturated carbocycles. The Labute approximate surface area is 96.4 Å². The first kappa shape index (κ1) is 11.0. The van der Waals surface area contributed by atoms with E-state index in [-0.39, 0.29) is 11.6 Å². The first-order valence-electron chi connectivity index (χ1n) is 4.74. The lowest BCUT2D eigenvalue weighted by molar-refractivity contribution is -0.384. The summed E-state index contributed by atoms with van der Waals surface area (Å²) in [4.78, 5) is 19.3. The summed E-state index contributed by atoms with van der Waals surface area (Å²) in [5.41, 5.74) is 11.8. The van der Waals surface area contributed by atoms with Gasteiger partial charge in [0.1, 0.15) is 6.34 Å². The van der Waals surface area contributed by atoms with Crippen LogP contribution < -0.4 is 16.4 Å². The molecule has 8 nitrogen and oxygen atoms in total. The predicted molar refractivity (Wildman–Crippen MR) is 63.7 cm³/mol. The molecule has 1 aromatic carbocycles. The third kappa shape index (κ3) is 2.21. The van der Waals surface area contributed by atoms with Crippen molar-refractivity contribution in [3.8, 4) is 0 Å². The van der Waals surface area contributed by atoms with Crippen molar-refractivity contribution in [2.45, 2.75) is 6.29 Å². The fourth-order valence-electron chi connectivity index (χ4n) is 1.39. The minimum absolute atomic E-state index is 0.0132. The molecule has 1 heterocycles. The molecule has 0 spiro atoms. The molecule has 8 heteroatoms. The summed E-state index contributed by atoms with van der Waals surface area (Å²) in [6.45, 7) is 0. The van der Waals surface area contributed by atoms with Gasteiger partial charge in [0.05, 0.1) is 4.92 Å². The van der Waals surface area contributed by atoms with E-state index in [2.05, 4.69) is 9.98 Å². The van der Waals surface area contributed by atoms with Crippen molar-refractivity contribution in [3.05, 3.63) is 34.4 Å². The highest BCUT2D eigenvalue weighted by Crippen LogP contribution is 2.20. The van der Waals surface area contributed by atoms with E-state index in [1.165, 1.54) is 18.5 Å². The van der Waals surface area contributed by atoms with E-state index in [4.69, 9.17) is 11.5 Å². The molecule has 0 aliphatic carbocycles. The van der Waals surface area contributed by atoms with Gasteiger partial charge in [-0.3, -0.25) is 20.7 Å². The van der Waals surface area contributed by atoms with E-state index < -0.39 is 11.2 Å². The highest BCUT2D eigenvalue weighted by molar-refractivity contribution is 5.94. The molecule has 17 heavy (non-hydrogen) atoms. The fourth-order valence-corrected chi connectivity index (χ4v) is 1.39. The first-order valence-corrected chi connectivity index (χ1v) is 4.74. The Kier molecular flexibility index (Phi) is 2.71. The molecule has 2 rings (SSSR count). The quantitative estimate of drug-likeness (QED) is 0.550. The molecule has 0 amide bonds. The molecule has 1 unspecified atom stereocenters. The summed E-state index contributed by atoms with van der Waals surface area (Å²) in [6.07, 6.45) is 0.766. The van der Waals surface area contributed by atoms with Crippen LogP contribution in [0.15, 0.2) is 34.3 Å². The Morgan fingerprint density at radius 3 is 2.53 bits per heavy atom. The van der Waals surface area contributed by atoms with Gasteiger partial charge in [-0.05, 0) is 12.1 Å². The van der Waals surface area contributed by atoms with Crippen molar-refractivity contribution >= 4 is 23.7 Å². The van der Waals surface area contributed by atoms with Gasteiger partial charge in [0.2, 0.25) is 5.96 Å². The maximum atomic E-state index is 10.5. The lowest BCUT2D eigenvalue weighted by Gasteiger charge is -2.25. The van der Waals surface area contributed by atoms with Crippen LogP contribution in [0.1, 0.15) is 0 Å². The summed E-state index contributed by atoms with van der Waals surface area (Å²) >= 11 is 0. The number of rotatable bonds is 2. The maximum absolute atomic E-state index is 10.5. The average molecular weight is 234 g/mol. The van der Waals surface area contributed by atoms with Gasteiger partial charge in [0, 0.05) is 17.8 Å². The summed E-state index contributed by atoms with van der Waals surface area (Å²) in [7, 11) is 0. The van der Waals surface area contributed by atoms with Crippen molar-refractivity contribution in [2.24, 2.45) is 21.5 Å². The average Bonchev–Trinajstić information content (AvgIpc) is 2.29. The second-order valence-corrected chi connectivity index (χ2v) is 3.33. The minimum Gasteiger partial charge on any atom is -0.368 e. The number of nitro groups is 1. The second kappa shape index (κ2) is 4.18. The van der Waals surface area contributed by atoms with E-state index in [1.54, 1.807) is 17.0 Å². The van der Waals surface area contributed by atoms with E-state index in [0.717, 1.165) is 0 Å². The molecule has 0 saturated heterocycles. The zero-order valence-corrected chi connectivity index (χ0v) is 8.72. The number of nitrogens with zero attached hydrogens (tertiary/aromatic N) is 4. The van der Waals surface area contributed by atoms with Crippen LogP contribution in [0.3, 0.4) is 0 Å². The molecule has 88 valence electrons. The van der Waals surface area contributed by atoms with Crippen molar-refractivity contribution in [2.75, 3.05) is 4.90 Å². The number of hydrogen-bond acceptors (Lipinski definition) is 7. The molecule has 1 atom stereocenters. The number of benzene rings is 1. The van der Waals surface area contributed by atoms with Crippen molar-refractivity contribution in [1.82, 2.24) is 0 Å². The van der Waals surface area contributed by atoms with Crippen LogP contribution in [0.5, 0.6) is 0 Å². The number of aliphatic imine (C=N–C) groups is 2. The van der Waals surface area contributed by atoms with Crippen LogP contribution in [0.2, 0.25) is 0 Å². The van der Waals surface area contributed by atoms with Crippen LogP contribution in [0.25, 0.3) is 0 Å². The van der Waals surface area contributed by atoms with Crippen LogP contribution in [-0.4, -0.2) is 23.5 Å². The fraction of sp³-hybridized carbons (Fsp3) is 0.111. The first-order chi connectivity index (χ1) is 8.08. The minimum atomic E-state index is -0.672. The third-order valence-corrected chi connectivity index (χ3v) is 2.22. The molecule has 0 aromatic heterocycles. The monoisotopic (exact) mass is 234 g/mol. The van der Waals surface area contributed by atoms with Crippen LogP contribution >= 0.6 is 0 Å². The SMILES string of the molecule is NC1=NC(N)N(c2ccc([N+](=O)[O-])cc2)C=N1. The molecule has 0 fully saturated rings. The summed E-state index contributed by atoms with van der Waals surface area (Å²) in [6, 6.07) is 5.91. The number of nitrogens with two attached hydrogens (primary N) is 2. The van der Waals surface area contributed by atoms with E-state index in [9.17, 15) is 10.1 Å².